The number of quaternary nitrogens is 1. The highest BCUT2D eigenvalue weighted by Gasteiger charge is 2.40. The number of piperidine rings is 1. The van der Waals surface area contributed by atoms with Gasteiger partial charge in [0.05, 0.1) is 13.1 Å². The molecule has 3 atom stereocenters. The summed E-state index contributed by atoms with van der Waals surface area (Å²) >= 11 is 5.96. The number of benzene rings is 1. The molecule has 2 N–H and O–H groups in total. The lowest BCUT2D eigenvalue weighted by Gasteiger charge is -2.30. The third-order valence-corrected chi connectivity index (χ3v) is 7.01. The molecule has 0 unspecified atom stereocenters. The maximum atomic E-state index is 12.4. The zero-order chi connectivity index (χ0) is 17.2. The smallest absolute Gasteiger partial charge is 0.220 e. The molecule has 0 radical (unpaired) electrons. The number of hydrogen-bond acceptors (Lipinski definition) is 1. The van der Waals surface area contributed by atoms with Crippen molar-refractivity contribution in [2.45, 2.75) is 57.5 Å². The number of halogens is 1. The lowest BCUT2D eigenvalue weighted by Crippen LogP contribution is -3.12. The van der Waals surface area contributed by atoms with Gasteiger partial charge in [0.1, 0.15) is 6.54 Å². The van der Waals surface area contributed by atoms with Crippen molar-refractivity contribution in [3.63, 3.8) is 0 Å². The third-order valence-electron chi connectivity index (χ3n) is 6.76. The summed E-state index contributed by atoms with van der Waals surface area (Å²) in [4.78, 5) is 14.0. The van der Waals surface area contributed by atoms with E-state index >= 15 is 0 Å². The van der Waals surface area contributed by atoms with E-state index in [0.29, 0.717) is 17.9 Å². The van der Waals surface area contributed by atoms with E-state index in [1.54, 1.807) is 4.90 Å². The molecule has 1 aromatic carbocycles. The van der Waals surface area contributed by atoms with Crippen LogP contribution in [0.4, 0.5) is 0 Å². The number of carbonyl (C=O) groups excluding carboxylic acids is 1. The van der Waals surface area contributed by atoms with Crippen LogP contribution in [-0.4, -0.2) is 25.0 Å². The minimum atomic E-state index is 0.309. The molecule has 0 aromatic heterocycles. The second kappa shape index (κ2) is 7.67. The minimum Gasteiger partial charge on any atom is -0.353 e. The van der Waals surface area contributed by atoms with Crippen LogP contribution in [0, 0.1) is 17.8 Å². The highest BCUT2D eigenvalue weighted by atomic mass is 35.5. The Hall–Kier alpha value is -1.06. The summed E-state index contributed by atoms with van der Waals surface area (Å²) in [5, 5.41) is 4.13. The van der Waals surface area contributed by atoms with Gasteiger partial charge in [-0.05, 0) is 49.1 Å². The zero-order valence-corrected chi connectivity index (χ0v) is 15.7. The van der Waals surface area contributed by atoms with Crippen LogP contribution >= 0.6 is 11.6 Å². The standard InChI is InChI=1S/C21H29ClN2O/c22-19-5-2-15(3-6-19)14-24-9-7-20(8-10-24)23-21(25)13-18-12-16-1-4-17(18)11-16/h2-3,5-6,16-18,20H,1,4,7-14H2,(H,23,25)/p+1/t16-,17-,18+/m1/s1. The van der Waals surface area contributed by atoms with Gasteiger partial charge in [0.2, 0.25) is 5.91 Å². The Balaban J connectivity index is 1.18. The quantitative estimate of drug-likeness (QED) is 0.830. The predicted octanol–water partition coefficient (Wildman–Crippen LogP) is 2.83. The molecule has 136 valence electrons. The molecule has 2 aliphatic carbocycles. The fourth-order valence-electron chi connectivity index (χ4n) is 5.39. The Kier molecular flexibility index (Phi) is 5.33. The lowest BCUT2D eigenvalue weighted by atomic mass is 9.86. The first kappa shape index (κ1) is 17.4. The van der Waals surface area contributed by atoms with Crippen LogP contribution in [0.15, 0.2) is 24.3 Å². The average molecular weight is 362 g/mol. The van der Waals surface area contributed by atoms with Gasteiger partial charge >= 0.3 is 0 Å². The number of amides is 1. The van der Waals surface area contributed by atoms with E-state index in [4.69, 9.17) is 11.6 Å². The Bertz CT molecular complexity index is 594. The molecule has 0 spiro atoms. The van der Waals surface area contributed by atoms with Gasteiger partial charge in [0.25, 0.3) is 0 Å². The SMILES string of the molecule is O=C(C[C@@H]1C[C@@H]2CC[C@@H]1C2)NC1CC[NH+](Cc2ccc(Cl)cc2)CC1. The third kappa shape index (κ3) is 4.38. The van der Waals surface area contributed by atoms with Crippen LogP contribution in [-0.2, 0) is 11.3 Å². The topological polar surface area (TPSA) is 33.5 Å². The summed E-state index contributed by atoms with van der Waals surface area (Å²) in [5.41, 5.74) is 1.35. The van der Waals surface area contributed by atoms with E-state index in [9.17, 15) is 4.79 Å². The van der Waals surface area contributed by atoms with Crippen LogP contribution in [0.3, 0.4) is 0 Å². The van der Waals surface area contributed by atoms with Gasteiger partial charge in [-0.3, -0.25) is 4.79 Å². The minimum absolute atomic E-state index is 0.309. The Labute approximate surface area is 156 Å². The van der Waals surface area contributed by atoms with Crippen LogP contribution in [0.2, 0.25) is 5.02 Å². The van der Waals surface area contributed by atoms with Crippen molar-refractivity contribution in [2.24, 2.45) is 17.8 Å². The summed E-state index contributed by atoms with van der Waals surface area (Å²) in [6.07, 6.45) is 8.47. The van der Waals surface area contributed by atoms with Crippen LogP contribution < -0.4 is 10.2 Å². The van der Waals surface area contributed by atoms with Crippen LogP contribution in [0.1, 0.15) is 50.5 Å². The predicted molar refractivity (Wildman–Crippen MR) is 101 cm³/mol. The summed E-state index contributed by atoms with van der Waals surface area (Å²) in [6, 6.07) is 8.58. The summed E-state index contributed by atoms with van der Waals surface area (Å²) < 4.78 is 0. The van der Waals surface area contributed by atoms with Gasteiger partial charge in [-0.15, -0.1) is 0 Å². The molecule has 3 fully saturated rings. The molecule has 1 saturated heterocycles. The maximum Gasteiger partial charge on any atom is 0.220 e. The fraction of sp³-hybridized carbons (Fsp3) is 0.667. The largest absolute Gasteiger partial charge is 0.353 e. The molecule has 4 heteroatoms. The molecular formula is C21H30ClN2O+. The molecule has 1 heterocycles. The van der Waals surface area contributed by atoms with Crippen molar-refractivity contribution in [3.05, 3.63) is 34.9 Å². The van der Waals surface area contributed by atoms with Crippen molar-refractivity contribution >= 4 is 17.5 Å². The zero-order valence-electron chi connectivity index (χ0n) is 15.0. The number of carbonyl (C=O) groups is 1. The monoisotopic (exact) mass is 361 g/mol. The number of rotatable bonds is 5. The number of hydrogen-bond donors (Lipinski definition) is 2. The van der Waals surface area contributed by atoms with Gasteiger partial charge in [0, 0.05) is 35.9 Å². The highest BCUT2D eigenvalue weighted by molar-refractivity contribution is 6.30. The number of fused-ring (bicyclic) bond motifs is 2. The Morgan fingerprint density at radius 3 is 2.48 bits per heavy atom. The first-order valence-corrected chi connectivity index (χ1v) is 10.4. The van der Waals surface area contributed by atoms with Crippen molar-refractivity contribution < 1.29 is 9.69 Å². The number of likely N-dealkylation sites (tertiary alicyclic amines) is 1. The molecule has 2 saturated carbocycles. The average Bonchev–Trinajstić information content (AvgIpc) is 3.21. The van der Waals surface area contributed by atoms with Crippen molar-refractivity contribution in [1.29, 1.82) is 0 Å². The molecule has 25 heavy (non-hydrogen) atoms. The molecule has 2 bridgehead atoms. The second-order valence-electron chi connectivity index (χ2n) is 8.53. The van der Waals surface area contributed by atoms with E-state index < -0.39 is 0 Å². The molecule has 3 nitrogen and oxygen atoms in total. The lowest BCUT2D eigenvalue weighted by molar-refractivity contribution is -0.918. The second-order valence-corrected chi connectivity index (χ2v) is 8.97. The van der Waals surface area contributed by atoms with Gasteiger partial charge < -0.3 is 10.2 Å². The van der Waals surface area contributed by atoms with Crippen molar-refractivity contribution in [3.8, 4) is 0 Å². The molecular weight excluding hydrogens is 332 g/mol. The van der Waals surface area contributed by atoms with E-state index in [2.05, 4.69) is 17.4 Å². The first-order chi connectivity index (χ1) is 12.2. The fourth-order valence-corrected chi connectivity index (χ4v) is 5.52. The molecule has 3 aliphatic rings. The van der Waals surface area contributed by atoms with Crippen LogP contribution in [0.25, 0.3) is 0 Å². The summed E-state index contributed by atoms with van der Waals surface area (Å²) in [6.45, 7) is 3.34. The van der Waals surface area contributed by atoms with E-state index in [0.717, 1.165) is 55.8 Å². The summed E-state index contributed by atoms with van der Waals surface area (Å²) in [7, 11) is 0. The van der Waals surface area contributed by atoms with Gasteiger partial charge in [-0.25, -0.2) is 0 Å². The summed E-state index contributed by atoms with van der Waals surface area (Å²) in [5.74, 6) is 2.77. The van der Waals surface area contributed by atoms with Crippen molar-refractivity contribution in [1.82, 2.24) is 5.32 Å². The van der Waals surface area contributed by atoms with E-state index in [-0.39, 0.29) is 0 Å². The molecule has 1 amide bonds. The Morgan fingerprint density at radius 2 is 1.84 bits per heavy atom. The van der Waals surface area contributed by atoms with E-state index in [1.807, 2.05) is 12.1 Å². The molecule has 1 aliphatic heterocycles. The van der Waals surface area contributed by atoms with Gasteiger partial charge in [-0.2, -0.15) is 0 Å². The van der Waals surface area contributed by atoms with E-state index in [1.165, 1.54) is 31.2 Å². The molecule has 4 rings (SSSR count). The number of nitrogens with one attached hydrogen (secondary N) is 2. The Morgan fingerprint density at radius 1 is 1.08 bits per heavy atom. The van der Waals surface area contributed by atoms with Gasteiger partial charge in [-0.1, -0.05) is 30.2 Å². The van der Waals surface area contributed by atoms with Crippen molar-refractivity contribution in [2.75, 3.05) is 13.1 Å². The normalized spacial score (nSPS) is 34.2. The first-order valence-electron chi connectivity index (χ1n) is 10.0. The highest BCUT2D eigenvalue weighted by Crippen LogP contribution is 2.49. The van der Waals surface area contributed by atoms with Gasteiger partial charge in [0.15, 0.2) is 0 Å². The maximum absolute atomic E-state index is 12.4. The van der Waals surface area contributed by atoms with Crippen LogP contribution in [0.5, 0.6) is 0 Å². The molecule has 1 aromatic rings.